The van der Waals surface area contributed by atoms with Crippen LogP contribution in [0.1, 0.15) is 53.1 Å². The van der Waals surface area contributed by atoms with E-state index in [2.05, 4.69) is 29.1 Å². The Morgan fingerprint density at radius 2 is 1.48 bits per heavy atom. The van der Waals surface area contributed by atoms with Crippen LogP contribution in [0, 0.1) is 24.7 Å². The predicted molar refractivity (Wildman–Crippen MR) is 222 cm³/mol. The largest absolute Gasteiger partial charge is 0.494 e. The van der Waals surface area contributed by atoms with Crippen LogP contribution in [-0.4, -0.2) is 49.0 Å². The van der Waals surface area contributed by atoms with Crippen LogP contribution in [0.4, 0.5) is 11.4 Å². The van der Waals surface area contributed by atoms with Gasteiger partial charge in [-0.3, -0.25) is 29.1 Å². The standard InChI is InChI=1S/C31H28N4O3.C16H10N2O2/c1-17(2)16-23-25-26(29(38)34(28(25)37)19-14-12-18(3)13-15-19)31(33-23)21-9-5-7-11-24(21)35-27(36)20-8-4-6-10-22(20)32-30(31)35;19-15-10-6-2-4-8-12(10)17-14(15)13-9-5-1-3-7-11(9)18-16(13)20/h4-15,17,23,25-26,33H,16H2,1-3H3;1-8,18,20H/t23?,25-,26+,31?;/m0./s1. The Morgan fingerprint density at radius 1 is 0.793 bits per heavy atom. The molecule has 286 valence electrons. The first-order valence-corrected chi connectivity index (χ1v) is 19.4. The van der Waals surface area contributed by atoms with Crippen molar-refractivity contribution in [3.8, 4) is 11.6 Å². The van der Waals surface area contributed by atoms with Gasteiger partial charge >= 0.3 is 0 Å². The molecule has 4 aliphatic rings. The number of anilines is 1. The van der Waals surface area contributed by atoms with Crippen molar-refractivity contribution >= 4 is 56.5 Å². The van der Waals surface area contributed by atoms with Crippen LogP contribution < -0.4 is 15.8 Å². The molecule has 0 aliphatic carbocycles. The first-order chi connectivity index (χ1) is 28.1. The Labute approximate surface area is 332 Å². The molecular weight excluding hydrogens is 729 g/mol. The number of aromatic amines is 1. The average Bonchev–Trinajstić information content (AvgIpc) is 3.98. The zero-order chi connectivity index (χ0) is 40.0. The molecule has 0 bridgehead atoms. The highest BCUT2D eigenvalue weighted by atomic mass is 16.3. The number of para-hydroxylation sites is 4. The first kappa shape index (κ1) is 35.4. The molecule has 58 heavy (non-hydrogen) atoms. The van der Waals surface area contributed by atoms with Crippen LogP contribution >= 0.6 is 0 Å². The number of aromatic hydroxyl groups is 1. The Bertz CT molecular complexity index is 2980. The van der Waals surface area contributed by atoms with Crippen LogP contribution in [0.15, 0.2) is 131 Å². The van der Waals surface area contributed by atoms with Crippen LogP contribution in [0.3, 0.4) is 0 Å². The molecule has 11 nitrogen and oxygen atoms in total. The third-order valence-corrected chi connectivity index (χ3v) is 11.9. The number of hydrogen-bond donors (Lipinski definition) is 3. The summed E-state index contributed by atoms with van der Waals surface area (Å²) in [5, 5.41) is 15.2. The van der Waals surface area contributed by atoms with E-state index in [1.54, 1.807) is 22.8 Å². The second-order valence-electron chi connectivity index (χ2n) is 15.9. The topological polar surface area (TPSA) is 150 Å². The van der Waals surface area contributed by atoms with Crippen LogP contribution in [0.5, 0.6) is 5.88 Å². The van der Waals surface area contributed by atoms with Gasteiger partial charge in [0, 0.05) is 28.1 Å². The van der Waals surface area contributed by atoms with Crippen LogP contribution in [0.2, 0.25) is 0 Å². The van der Waals surface area contributed by atoms with Gasteiger partial charge in [-0.05, 0) is 67.8 Å². The fourth-order valence-electron chi connectivity index (χ4n) is 9.48. The van der Waals surface area contributed by atoms with E-state index < -0.39 is 17.4 Å². The van der Waals surface area contributed by atoms with Crippen molar-refractivity contribution < 1.29 is 19.5 Å². The molecule has 11 heteroatoms. The van der Waals surface area contributed by atoms with E-state index in [4.69, 9.17) is 4.98 Å². The third kappa shape index (κ3) is 5.02. The lowest BCUT2D eigenvalue weighted by atomic mass is 9.75. The molecule has 6 heterocycles. The molecule has 5 aromatic carbocycles. The van der Waals surface area contributed by atoms with Crippen LogP contribution in [0.25, 0.3) is 27.5 Å². The Morgan fingerprint density at radius 3 is 2.26 bits per heavy atom. The van der Waals surface area contributed by atoms with E-state index in [1.807, 2.05) is 110 Å². The molecule has 4 aliphatic heterocycles. The summed E-state index contributed by atoms with van der Waals surface area (Å²) >= 11 is 0. The number of carbonyl (C=O) groups excluding carboxylic acids is 3. The molecule has 11 rings (SSSR count). The SMILES string of the molecule is Cc1ccc(N2C(=O)[C@H]3C(CC(C)C)NC4(c5ccccc5-n5c4nc4ccccc4c5=O)[C@H]3C2=O)cc1.O=C1C(c2c(O)[nH]c3ccccc23)=Nc2ccccc21. The molecule has 2 fully saturated rings. The van der Waals surface area contributed by atoms with Gasteiger partial charge in [0.15, 0.2) is 5.88 Å². The second kappa shape index (κ2) is 13.0. The quantitative estimate of drug-likeness (QED) is 0.160. The van der Waals surface area contributed by atoms with E-state index in [0.717, 1.165) is 22.0 Å². The summed E-state index contributed by atoms with van der Waals surface area (Å²) in [5.74, 6) is -1.16. The van der Waals surface area contributed by atoms with E-state index in [-0.39, 0.29) is 35.1 Å². The smallest absolute Gasteiger partial charge is 0.266 e. The maximum absolute atomic E-state index is 14.4. The Hall–Kier alpha value is -6.98. The minimum Gasteiger partial charge on any atom is -0.494 e. The van der Waals surface area contributed by atoms with Crippen molar-refractivity contribution in [2.75, 3.05) is 4.90 Å². The Kier molecular flexibility index (Phi) is 7.96. The molecule has 4 atom stereocenters. The highest BCUT2D eigenvalue weighted by molar-refractivity contribution is 6.56. The number of hydrogen-bond acceptors (Lipinski definition) is 8. The minimum absolute atomic E-state index is 0.0221. The monoisotopic (exact) mass is 766 g/mol. The number of aliphatic imine (C=N–C) groups is 1. The third-order valence-electron chi connectivity index (χ3n) is 11.9. The number of aryl methyl sites for hydroxylation is 1. The summed E-state index contributed by atoms with van der Waals surface area (Å²) in [6, 6.07) is 36.8. The number of rotatable bonds is 4. The Balaban J connectivity index is 0.000000171. The molecular formula is C47H38N6O5. The number of nitrogens with one attached hydrogen (secondary N) is 2. The van der Waals surface area contributed by atoms with Gasteiger partial charge in [-0.2, -0.15) is 0 Å². The molecule has 1 spiro atoms. The van der Waals surface area contributed by atoms with Crippen LogP contribution in [-0.2, 0) is 15.1 Å². The number of nitrogens with zero attached hydrogens (tertiary/aromatic N) is 4. The van der Waals surface area contributed by atoms with Gasteiger partial charge in [0.25, 0.3) is 5.56 Å². The maximum atomic E-state index is 14.4. The highest BCUT2D eigenvalue weighted by Crippen LogP contribution is 2.56. The second-order valence-corrected chi connectivity index (χ2v) is 15.9. The molecule has 2 aromatic heterocycles. The lowest BCUT2D eigenvalue weighted by molar-refractivity contribution is -0.123. The number of H-pyrrole nitrogens is 1. The lowest BCUT2D eigenvalue weighted by Crippen LogP contribution is -2.50. The predicted octanol–water partition coefficient (Wildman–Crippen LogP) is 7.27. The molecule has 3 N–H and O–H groups in total. The fourth-order valence-corrected chi connectivity index (χ4v) is 9.48. The van der Waals surface area contributed by atoms with Crippen molar-refractivity contribution in [2.24, 2.45) is 22.7 Å². The normalized spacial score (nSPS) is 21.4. The number of Topliss-reactive ketones (excluding diaryl/α,β-unsaturated/α-hetero) is 1. The van der Waals surface area contributed by atoms with Crippen molar-refractivity contribution in [1.29, 1.82) is 0 Å². The summed E-state index contributed by atoms with van der Waals surface area (Å²) in [6.07, 6.45) is 0.712. The highest BCUT2D eigenvalue weighted by Gasteiger charge is 2.69. The van der Waals surface area contributed by atoms with E-state index in [0.29, 0.717) is 63.0 Å². The summed E-state index contributed by atoms with van der Waals surface area (Å²) < 4.78 is 1.64. The van der Waals surface area contributed by atoms with Crippen molar-refractivity contribution in [3.05, 3.63) is 160 Å². The summed E-state index contributed by atoms with van der Waals surface area (Å²) in [4.78, 5) is 68.4. The van der Waals surface area contributed by atoms with E-state index >= 15 is 0 Å². The van der Waals surface area contributed by atoms with E-state index in [1.165, 1.54) is 4.90 Å². The molecule has 7 aromatic rings. The number of benzene rings is 5. The van der Waals surface area contributed by atoms with Crippen molar-refractivity contribution in [2.45, 2.75) is 38.8 Å². The number of fused-ring (bicyclic) bond motifs is 10. The summed E-state index contributed by atoms with van der Waals surface area (Å²) in [7, 11) is 0. The molecule has 2 amide bonds. The zero-order valence-electron chi connectivity index (χ0n) is 31.9. The van der Waals surface area contributed by atoms with E-state index in [9.17, 15) is 24.3 Å². The number of ketones is 1. The van der Waals surface area contributed by atoms with Crippen molar-refractivity contribution in [1.82, 2.24) is 19.9 Å². The number of aromatic nitrogens is 3. The molecule has 2 unspecified atom stereocenters. The average molecular weight is 767 g/mol. The van der Waals surface area contributed by atoms with Gasteiger partial charge in [-0.25, -0.2) is 14.9 Å². The summed E-state index contributed by atoms with van der Waals surface area (Å²) in [5.41, 5.74) is 5.23. The van der Waals surface area contributed by atoms with Gasteiger partial charge < -0.3 is 10.1 Å². The van der Waals surface area contributed by atoms with Gasteiger partial charge in [-0.15, -0.1) is 0 Å². The summed E-state index contributed by atoms with van der Waals surface area (Å²) in [6.45, 7) is 6.21. The minimum atomic E-state index is -1.10. The molecule has 0 radical (unpaired) electrons. The van der Waals surface area contributed by atoms with Crippen molar-refractivity contribution in [3.63, 3.8) is 0 Å². The zero-order valence-corrected chi connectivity index (χ0v) is 31.9. The van der Waals surface area contributed by atoms with Gasteiger partial charge in [0.05, 0.1) is 45.4 Å². The maximum Gasteiger partial charge on any atom is 0.266 e. The fraction of sp³-hybridized carbons (Fsp3) is 0.191. The molecule has 0 saturated carbocycles. The van der Waals surface area contributed by atoms with Gasteiger partial charge in [0.1, 0.15) is 17.1 Å². The number of carbonyl (C=O) groups is 3. The lowest BCUT2D eigenvalue weighted by Gasteiger charge is -2.32. The van der Waals surface area contributed by atoms with Gasteiger partial charge in [-0.1, -0.05) is 92.2 Å². The van der Waals surface area contributed by atoms with Gasteiger partial charge in [0.2, 0.25) is 17.6 Å². The molecule has 2 saturated heterocycles. The number of amides is 2. The first-order valence-electron chi connectivity index (χ1n) is 19.4. The number of imide groups is 1.